The molecule has 1 unspecified atom stereocenters. The molecule has 2 N–H and O–H groups in total. The van der Waals surface area contributed by atoms with E-state index < -0.39 is 12.0 Å². The third kappa shape index (κ3) is 3.12. The number of amides is 1. The first kappa shape index (κ1) is 14.9. The molecule has 1 aliphatic rings. The number of hydrogen-bond donors (Lipinski definition) is 2. The van der Waals surface area contributed by atoms with Crippen LogP contribution in [0.3, 0.4) is 0 Å². The van der Waals surface area contributed by atoms with Gasteiger partial charge < -0.3 is 15.3 Å². The number of carbonyl (C=O) groups is 2. The van der Waals surface area contributed by atoms with Gasteiger partial charge in [-0.05, 0) is 12.8 Å². The van der Waals surface area contributed by atoms with Crippen LogP contribution in [0.1, 0.15) is 23.3 Å². The van der Waals surface area contributed by atoms with Crippen molar-refractivity contribution in [3.05, 3.63) is 30.5 Å². The second-order valence-corrected chi connectivity index (χ2v) is 5.29. The fourth-order valence-electron chi connectivity index (χ4n) is 2.50. The number of carbonyl (C=O) groups excluding carboxylic acids is 1. The summed E-state index contributed by atoms with van der Waals surface area (Å²) in [5.74, 6) is -0.824. The summed E-state index contributed by atoms with van der Waals surface area (Å²) in [6.07, 6.45) is 7.46. The number of carboxylic acid groups (broad SMARTS) is 1. The van der Waals surface area contributed by atoms with Crippen LogP contribution in [0.2, 0.25) is 0 Å². The van der Waals surface area contributed by atoms with E-state index in [-0.39, 0.29) is 11.6 Å². The predicted octanol–water partition coefficient (Wildman–Crippen LogP) is 0.516. The quantitative estimate of drug-likeness (QED) is 0.845. The van der Waals surface area contributed by atoms with Gasteiger partial charge in [0.2, 0.25) is 5.91 Å². The van der Waals surface area contributed by atoms with Crippen LogP contribution in [0, 0.1) is 0 Å². The minimum Gasteiger partial charge on any atom is -0.476 e. The first-order valence-corrected chi connectivity index (χ1v) is 7.16. The SMILES string of the molecule is Cn1cc(N2CCCC(Nc3cnc(C(=O)O)cn3)C2=O)cn1. The smallest absolute Gasteiger partial charge is 0.356 e. The number of carboxylic acids is 1. The van der Waals surface area contributed by atoms with Crippen molar-refractivity contribution in [1.82, 2.24) is 19.7 Å². The topological polar surface area (TPSA) is 113 Å². The standard InChI is InChI=1S/C14H16N6O3/c1-19-8-9(5-17-19)20-4-2-3-10(13(20)21)18-12-7-15-11(6-16-12)14(22)23/h5-8,10H,2-4H2,1H3,(H,16,18)(H,22,23). The van der Waals surface area contributed by atoms with Crippen LogP contribution in [-0.4, -0.2) is 49.3 Å². The number of piperidine rings is 1. The average molecular weight is 316 g/mol. The maximum Gasteiger partial charge on any atom is 0.356 e. The second kappa shape index (κ2) is 6.03. The highest BCUT2D eigenvalue weighted by molar-refractivity contribution is 5.99. The number of rotatable bonds is 4. The van der Waals surface area contributed by atoms with Gasteiger partial charge in [-0.2, -0.15) is 5.10 Å². The molecule has 9 nitrogen and oxygen atoms in total. The average Bonchev–Trinajstić information content (AvgIpc) is 2.96. The Morgan fingerprint density at radius 1 is 1.35 bits per heavy atom. The summed E-state index contributed by atoms with van der Waals surface area (Å²) in [6, 6.07) is -0.422. The molecular formula is C14H16N6O3. The molecule has 120 valence electrons. The monoisotopic (exact) mass is 316 g/mol. The minimum atomic E-state index is -1.14. The van der Waals surface area contributed by atoms with Gasteiger partial charge in [0, 0.05) is 19.8 Å². The lowest BCUT2D eigenvalue weighted by Gasteiger charge is -2.31. The van der Waals surface area contributed by atoms with Gasteiger partial charge in [-0.1, -0.05) is 0 Å². The molecule has 0 bridgehead atoms. The largest absolute Gasteiger partial charge is 0.476 e. The Morgan fingerprint density at radius 2 is 2.17 bits per heavy atom. The molecule has 3 rings (SSSR count). The van der Waals surface area contributed by atoms with Crippen molar-refractivity contribution in [2.24, 2.45) is 7.05 Å². The van der Waals surface area contributed by atoms with E-state index in [2.05, 4.69) is 20.4 Å². The molecule has 2 aromatic heterocycles. The van der Waals surface area contributed by atoms with Gasteiger partial charge >= 0.3 is 5.97 Å². The summed E-state index contributed by atoms with van der Waals surface area (Å²) in [6.45, 7) is 0.645. The fourth-order valence-corrected chi connectivity index (χ4v) is 2.50. The van der Waals surface area contributed by atoms with Crippen molar-refractivity contribution in [2.75, 3.05) is 16.8 Å². The Bertz CT molecular complexity index is 726. The van der Waals surface area contributed by atoms with Crippen molar-refractivity contribution in [3.63, 3.8) is 0 Å². The van der Waals surface area contributed by atoms with E-state index in [0.717, 1.165) is 18.3 Å². The molecule has 23 heavy (non-hydrogen) atoms. The maximum atomic E-state index is 12.6. The number of aromatic nitrogens is 4. The third-order valence-corrected chi connectivity index (χ3v) is 3.63. The molecule has 2 aromatic rings. The molecule has 0 radical (unpaired) electrons. The second-order valence-electron chi connectivity index (χ2n) is 5.29. The zero-order valence-electron chi connectivity index (χ0n) is 12.5. The summed E-state index contributed by atoms with van der Waals surface area (Å²) >= 11 is 0. The summed E-state index contributed by atoms with van der Waals surface area (Å²) in [5, 5.41) is 15.9. The molecule has 9 heteroatoms. The number of aryl methyl sites for hydroxylation is 1. The number of hydrogen-bond acceptors (Lipinski definition) is 6. The first-order valence-electron chi connectivity index (χ1n) is 7.16. The van der Waals surface area contributed by atoms with Crippen LogP contribution in [-0.2, 0) is 11.8 Å². The highest BCUT2D eigenvalue weighted by atomic mass is 16.4. The number of nitrogens with one attached hydrogen (secondary N) is 1. The summed E-state index contributed by atoms with van der Waals surface area (Å²) in [4.78, 5) is 32.8. The van der Waals surface area contributed by atoms with E-state index >= 15 is 0 Å². The van der Waals surface area contributed by atoms with Crippen molar-refractivity contribution in [1.29, 1.82) is 0 Å². The summed E-state index contributed by atoms with van der Waals surface area (Å²) < 4.78 is 1.65. The Balaban J connectivity index is 1.72. The van der Waals surface area contributed by atoms with Gasteiger partial charge in [0.25, 0.3) is 0 Å². The Kier molecular flexibility index (Phi) is 3.92. The van der Waals surface area contributed by atoms with E-state index in [1.54, 1.807) is 29.0 Å². The van der Waals surface area contributed by atoms with Crippen LogP contribution >= 0.6 is 0 Å². The molecule has 0 aromatic carbocycles. The van der Waals surface area contributed by atoms with E-state index in [9.17, 15) is 9.59 Å². The molecule has 1 aliphatic heterocycles. The van der Waals surface area contributed by atoms with Crippen molar-refractivity contribution in [3.8, 4) is 0 Å². The van der Waals surface area contributed by atoms with Gasteiger partial charge in [-0.25, -0.2) is 14.8 Å². The van der Waals surface area contributed by atoms with Gasteiger partial charge in [0.05, 0.1) is 24.3 Å². The molecule has 0 saturated carbocycles. The van der Waals surface area contributed by atoms with Crippen LogP contribution in [0.5, 0.6) is 0 Å². The number of anilines is 2. The maximum absolute atomic E-state index is 12.6. The highest BCUT2D eigenvalue weighted by Crippen LogP contribution is 2.22. The molecular weight excluding hydrogens is 300 g/mol. The molecule has 1 amide bonds. The van der Waals surface area contributed by atoms with E-state index in [1.807, 2.05) is 0 Å². The van der Waals surface area contributed by atoms with E-state index in [1.165, 1.54) is 6.20 Å². The Morgan fingerprint density at radius 3 is 2.78 bits per heavy atom. The Hall–Kier alpha value is -2.97. The van der Waals surface area contributed by atoms with Crippen molar-refractivity contribution < 1.29 is 14.7 Å². The van der Waals surface area contributed by atoms with Crippen LogP contribution < -0.4 is 10.2 Å². The normalized spacial score (nSPS) is 18.0. The van der Waals surface area contributed by atoms with Crippen molar-refractivity contribution >= 4 is 23.4 Å². The first-order chi connectivity index (χ1) is 11.0. The lowest BCUT2D eigenvalue weighted by molar-refractivity contribution is -0.120. The van der Waals surface area contributed by atoms with Gasteiger partial charge in [-0.3, -0.25) is 9.48 Å². The molecule has 1 saturated heterocycles. The highest BCUT2D eigenvalue weighted by Gasteiger charge is 2.30. The Labute approximate surface area is 132 Å². The van der Waals surface area contributed by atoms with E-state index in [4.69, 9.17) is 5.11 Å². The van der Waals surface area contributed by atoms with Gasteiger partial charge in [0.1, 0.15) is 11.9 Å². The lowest BCUT2D eigenvalue weighted by atomic mass is 10.0. The molecule has 1 fully saturated rings. The number of aromatic carboxylic acids is 1. The van der Waals surface area contributed by atoms with Gasteiger partial charge in [0.15, 0.2) is 5.69 Å². The van der Waals surface area contributed by atoms with Crippen LogP contribution in [0.25, 0.3) is 0 Å². The third-order valence-electron chi connectivity index (χ3n) is 3.63. The van der Waals surface area contributed by atoms with Crippen molar-refractivity contribution in [2.45, 2.75) is 18.9 Å². The van der Waals surface area contributed by atoms with Crippen LogP contribution in [0.15, 0.2) is 24.8 Å². The predicted molar refractivity (Wildman–Crippen MR) is 81.2 cm³/mol. The van der Waals surface area contributed by atoms with Crippen LogP contribution in [0.4, 0.5) is 11.5 Å². The molecule has 1 atom stereocenters. The van der Waals surface area contributed by atoms with Gasteiger partial charge in [-0.15, -0.1) is 0 Å². The molecule has 3 heterocycles. The van der Waals surface area contributed by atoms with E-state index in [0.29, 0.717) is 18.8 Å². The summed E-state index contributed by atoms with van der Waals surface area (Å²) in [7, 11) is 1.80. The molecule has 0 aliphatic carbocycles. The molecule has 0 spiro atoms. The minimum absolute atomic E-state index is 0.0617. The number of nitrogens with zero attached hydrogens (tertiary/aromatic N) is 5. The lowest BCUT2D eigenvalue weighted by Crippen LogP contribution is -2.47. The zero-order chi connectivity index (χ0) is 16.4. The summed E-state index contributed by atoms with van der Waals surface area (Å²) in [5.41, 5.74) is 0.624. The fraction of sp³-hybridized carbons (Fsp3) is 0.357. The zero-order valence-corrected chi connectivity index (χ0v) is 12.5.